The molecule has 3 amide bonds. The Balaban J connectivity index is 1.72. The molecule has 2 aromatic carbocycles. The van der Waals surface area contributed by atoms with Crippen molar-refractivity contribution in [3.8, 4) is 11.1 Å². The predicted molar refractivity (Wildman–Crippen MR) is 115 cm³/mol. The van der Waals surface area contributed by atoms with E-state index in [1.54, 1.807) is 7.05 Å². The maximum atomic E-state index is 12.3. The van der Waals surface area contributed by atoms with Gasteiger partial charge in [-0.2, -0.15) is 0 Å². The summed E-state index contributed by atoms with van der Waals surface area (Å²) in [6.45, 7) is 5.50. The highest BCUT2D eigenvalue weighted by molar-refractivity contribution is 8.15. The molecule has 29 heavy (non-hydrogen) atoms. The molecule has 6 nitrogen and oxygen atoms in total. The number of hydrogen-bond acceptors (Lipinski definition) is 5. The van der Waals surface area contributed by atoms with Gasteiger partial charge in [-0.15, -0.1) is 0 Å². The fourth-order valence-corrected chi connectivity index (χ4v) is 3.76. The molecule has 1 atom stereocenters. The lowest BCUT2D eigenvalue weighted by Gasteiger charge is -2.25. The molecule has 7 heteroatoms. The predicted octanol–water partition coefficient (Wildman–Crippen LogP) is 4.62. The van der Waals surface area contributed by atoms with E-state index in [1.807, 2.05) is 69.3 Å². The SMILES string of the molecule is CN(C(=O)OC(C)(C)C)c1cccc(-c2ccc(CC3SC(=O)NC3=O)cc2)c1. The van der Waals surface area contributed by atoms with E-state index in [-0.39, 0.29) is 16.4 Å². The van der Waals surface area contributed by atoms with Crippen molar-refractivity contribution < 1.29 is 19.1 Å². The zero-order valence-corrected chi connectivity index (χ0v) is 17.7. The molecule has 2 aromatic rings. The highest BCUT2D eigenvalue weighted by Gasteiger charge is 2.31. The number of nitrogens with one attached hydrogen (secondary N) is 1. The summed E-state index contributed by atoms with van der Waals surface area (Å²) >= 11 is 1.03. The number of ether oxygens (including phenoxy) is 1. The molecule has 0 spiro atoms. The van der Waals surface area contributed by atoms with Gasteiger partial charge in [-0.1, -0.05) is 48.2 Å². The smallest absolute Gasteiger partial charge is 0.414 e. The molecular formula is C22H24N2O4S. The largest absolute Gasteiger partial charge is 0.443 e. The van der Waals surface area contributed by atoms with Crippen LogP contribution < -0.4 is 10.2 Å². The highest BCUT2D eigenvalue weighted by atomic mass is 32.2. The maximum absolute atomic E-state index is 12.3. The van der Waals surface area contributed by atoms with Crippen LogP contribution in [-0.4, -0.2) is 35.1 Å². The third kappa shape index (κ3) is 5.38. The first-order valence-electron chi connectivity index (χ1n) is 9.30. The van der Waals surface area contributed by atoms with Crippen LogP contribution in [0.25, 0.3) is 11.1 Å². The summed E-state index contributed by atoms with van der Waals surface area (Å²) in [4.78, 5) is 36.8. The van der Waals surface area contributed by atoms with E-state index in [4.69, 9.17) is 4.74 Å². The van der Waals surface area contributed by atoms with E-state index in [1.165, 1.54) is 4.90 Å². The van der Waals surface area contributed by atoms with Gasteiger partial charge in [-0.3, -0.25) is 19.8 Å². The van der Waals surface area contributed by atoms with Gasteiger partial charge < -0.3 is 4.74 Å². The first-order chi connectivity index (χ1) is 13.6. The van der Waals surface area contributed by atoms with Crippen LogP contribution in [0.1, 0.15) is 26.3 Å². The topological polar surface area (TPSA) is 75.7 Å². The number of carbonyl (C=O) groups excluding carboxylic acids is 3. The Labute approximate surface area is 174 Å². The van der Waals surface area contributed by atoms with Crippen LogP contribution in [-0.2, 0) is 16.0 Å². The van der Waals surface area contributed by atoms with Crippen LogP contribution in [0.15, 0.2) is 48.5 Å². The van der Waals surface area contributed by atoms with Gasteiger partial charge in [0.2, 0.25) is 5.91 Å². The van der Waals surface area contributed by atoms with Gasteiger partial charge in [0.15, 0.2) is 0 Å². The van der Waals surface area contributed by atoms with Crippen molar-refractivity contribution in [2.45, 2.75) is 38.0 Å². The Hall–Kier alpha value is -2.80. The van der Waals surface area contributed by atoms with Gasteiger partial charge in [0.05, 0.1) is 5.25 Å². The molecule has 0 bridgehead atoms. The number of nitrogens with zero attached hydrogens (tertiary/aromatic N) is 1. The molecule has 0 radical (unpaired) electrons. The minimum atomic E-state index is -0.558. The fraction of sp³-hybridized carbons (Fsp3) is 0.318. The lowest BCUT2D eigenvalue weighted by Crippen LogP contribution is -2.34. The van der Waals surface area contributed by atoms with Crippen LogP contribution in [0.5, 0.6) is 0 Å². The van der Waals surface area contributed by atoms with E-state index >= 15 is 0 Å². The molecule has 3 rings (SSSR count). The zero-order chi connectivity index (χ0) is 21.2. The monoisotopic (exact) mass is 412 g/mol. The summed E-state index contributed by atoms with van der Waals surface area (Å²) in [5.41, 5.74) is 3.12. The van der Waals surface area contributed by atoms with Gasteiger partial charge in [-0.25, -0.2) is 4.79 Å². The number of thioether (sulfide) groups is 1. The molecule has 1 saturated heterocycles. The second kappa shape index (κ2) is 8.29. The van der Waals surface area contributed by atoms with Crippen molar-refractivity contribution in [2.24, 2.45) is 0 Å². The Morgan fingerprint density at radius 3 is 2.38 bits per heavy atom. The van der Waals surface area contributed by atoms with Gasteiger partial charge in [0, 0.05) is 12.7 Å². The summed E-state index contributed by atoms with van der Waals surface area (Å²) in [6, 6.07) is 15.5. The normalized spacial score (nSPS) is 16.5. The molecule has 1 unspecified atom stereocenters. The third-order valence-electron chi connectivity index (χ3n) is 4.38. The van der Waals surface area contributed by atoms with E-state index in [9.17, 15) is 14.4 Å². The summed E-state index contributed by atoms with van der Waals surface area (Å²) < 4.78 is 5.42. The first-order valence-corrected chi connectivity index (χ1v) is 10.2. The summed E-state index contributed by atoms with van der Waals surface area (Å²) in [5, 5.41) is 1.64. The Morgan fingerprint density at radius 2 is 1.79 bits per heavy atom. The first kappa shape index (κ1) is 20.9. The molecule has 1 N–H and O–H groups in total. The van der Waals surface area contributed by atoms with Crippen molar-refractivity contribution in [1.29, 1.82) is 0 Å². The highest BCUT2D eigenvalue weighted by Crippen LogP contribution is 2.27. The maximum Gasteiger partial charge on any atom is 0.414 e. The van der Waals surface area contributed by atoms with Gasteiger partial charge in [-0.05, 0) is 56.0 Å². The van der Waals surface area contributed by atoms with E-state index in [2.05, 4.69) is 5.32 Å². The average molecular weight is 413 g/mol. The molecule has 0 aromatic heterocycles. The second-order valence-electron chi connectivity index (χ2n) is 7.87. The van der Waals surface area contributed by atoms with Gasteiger partial charge in [0.25, 0.3) is 5.24 Å². The number of imide groups is 1. The van der Waals surface area contributed by atoms with Crippen LogP contribution in [0.4, 0.5) is 15.3 Å². The van der Waals surface area contributed by atoms with Crippen molar-refractivity contribution in [3.05, 3.63) is 54.1 Å². The summed E-state index contributed by atoms with van der Waals surface area (Å²) in [5.74, 6) is -0.234. The van der Waals surface area contributed by atoms with Crippen molar-refractivity contribution in [2.75, 3.05) is 11.9 Å². The summed E-state index contributed by atoms with van der Waals surface area (Å²) in [7, 11) is 1.68. The molecule has 1 heterocycles. The molecule has 1 aliphatic rings. The molecular weight excluding hydrogens is 388 g/mol. The average Bonchev–Trinajstić information content (AvgIpc) is 2.97. The lowest BCUT2D eigenvalue weighted by atomic mass is 10.0. The van der Waals surface area contributed by atoms with Crippen molar-refractivity contribution >= 4 is 34.7 Å². The van der Waals surface area contributed by atoms with Gasteiger partial charge >= 0.3 is 6.09 Å². The van der Waals surface area contributed by atoms with E-state index < -0.39 is 11.7 Å². The number of benzene rings is 2. The second-order valence-corrected chi connectivity index (χ2v) is 9.05. The minimum absolute atomic E-state index is 0.234. The Kier molecular flexibility index (Phi) is 5.98. The minimum Gasteiger partial charge on any atom is -0.443 e. The summed E-state index contributed by atoms with van der Waals surface area (Å²) in [6.07, 6.45) is 0.0936. The zero-order valence-electron chi connectivity index (χ0n) is 16.9. The Bertz CT molecular complexity index is 935. The molecule has 1 fully saturated rings. The van der Waals surface area contributed by atoms with Crippen molar-refractivity contribution in [3.63, 3.8) is 0 Å². The fourth-order valence-electron chi connectivity index (χ4n) is 2.90. The Morgan fingerprint density at radius 1 is 1.10 bits per heavy atom. The standard InChI is InChI=1S/C22H24N2O4S/c1-22(2,3)28-21(27)24(4)17-7-5-6-16(13-17)15-10-8-14(9-11-15)12-18-19(25)23-20(26)29-18/h5-11,13,18H,12H2,1-4H3,(H,23,25,26). The van der Waals surface area contributed by atoms with E-state index in [0.717, 1.165) is 34.1 Å². The number of carbonyl (C=O) groups is 3. The number of anilines is 1. The molecule has 152 valence electrons. The number of amides is 3. The van der Waals surface area contributed by atoms with Gasteiger partial charge in [0.1, 0.15) is 5.60 Å². The molecule has 0 aliphatic carbocycles. The lowest BCUT2D eigenvalue weighted by molar-refractivity contribution is -0.118. The number of hydrogen-bond donors (Lipinski definition) is 1. The van der Waals surface area contributed by atoms with Crippen molar-refractivity contribution in [1.82, 2.24) is 5.32 Å². The van der Waals surface area contributed by atoms with Crippen LogP contribution in [0, 0.1) is 0 Å². The quantitative estimate of drug-likeness (QED) is 0.793. The molecule has 0 saturated carbocycles. The molecule has 1 aliphatic heterocycles. The van der Waals surface area contributed by atoms with Crippen LogP contribution >= 0.6 is 11.8 Å². The third-order valence-corrected chi connectivity index (χ3v) is 5.36. The van der Waals surface area contributed by atoms with Crippen LogP contribution in [0.2, 0.25) is 0 Å². The van der Waals surface area contributed by atoms with E-state index in [0.29, 0.717) is 6.42 Å². The number of rotatable bonds is 4. The van der Waals surface area contributed by atoms with Crippen LogP contribution in [0.3, 0.4) is 0 Å².